The highest BCUT2D eigenvalue weighted by Crippen LogP contribution is 2.29. The molecule has 0 aromatic rings. The van der Waals surface area contributed by atoms with Crippen LogP contribution in [0.3, 0.4) is 0 Å². The van der Waals surface area contributed by atoms with Crippen LogP contribution in [0.1, 0.15) is 85.5 Å². The number of aliphatic imine (C=N–C) groups is 1. The van der Waals surface area contributed by atoms with E-state index in [1.54, 1.807) is 19.2 Å². The van der Waals surface area contributed by atoms with Crippen LogP contribution < -0.4 is 10.6 Å². The number of imide groups is 2. The van der Waals surface area contributed by atoms with E-state index < -0.39 is 40.6 Å². The molecular weight excluding hydrogens is 536 g/mol. The Morgan fingerprint density at radius 3 is 1.98 bits per heavy atom. The number of urea groups is 1. The van der Waals surface area contributed by atoms with Gasteiger partial charge in [-0.1, -0.05) is 17.2 Å². The van der Waals surface area contributed by atoms with Crippen LogP contribution in [0.2, 0.25) is 0 Å². The highest BCUT2D eigenvalue weighted by molar-refractivity contribution is 6.02. The number of hydrogen-bond acceptors (Lipinski definition) is 10. The fourth-order valence-electron chi connectivity index (χ4n) is 3.69. The Balaban J connectivity index is 2.12. The molecule has 0 spiro atoms. The Hall–Kier alpha value is -4.16. The lowest BCUT2D eigenvalue weighted by Gasteiger charge is -2.11. The summed E-state index contributed by atoms with van der Waals surface area (Å²) in [6.45, 7) is 7.82. The van der Waals surface area contributed by atoms with Gasteiger partial charge in [-0.25, -0.2) is 4.79 Å². The molecule has 1 unspecified atom stereocenters. The zero-order chi connectivity index (χ0) is 30.8. The first kappa shape index (κ1) is 34.9. The summed E-state index contributed by atoms with van der Waals surface area (Å²) in [6.07, 6.45) is 6.46. The van der Waals surface area contributed by atoms with E-state index >= 15 is 0 Å². The van der Waals surface area contributed by atoms with Crippen molar-refractivity contribution < 1.29 is 38.4 Å². The average molecular weight is 577 g/mol. The van der Waals surface area contributed by atoms with Crippen molar-refractivity contribution in [2.24, 2.45) is 10.9 Å². The molecule has 0 fully saturated rings. The van der Waals surface area contributed by atoms with Crippen LogP contribution in [0.5, 0.6) is 0 Å². The maximum Gasteiger partial charge on any atom is 0.328 e. The number of hydrogen-bond donors (Lipinski definition) is 2. The van der Waals surface area contributed by atoms with Crippen molar-refractivity contribution in [2.75, 3.05) is 13.2 Å². The summed E-state index contributed by atoms with van der Waals surface area (Å²) in [4.78, 5) is 74.1. The minimum Gasteiger partial charge on any atom is -0.466 e. The molecular formula is C28H40N4O9. The van der Waals surface area contributed by atoms with E-state index in [9.17, 15) is 34.1 Å². The molecule has 1 atom stereocenters. The van der Waals surface area contributed by atoms with E-state index in [4.69, 9.17) is 9.47 Å². The van der Waals surface area contributed by atoms with Crippen LogP contribution in [0, 0.1) is 16.0 Å². The standard InChI is InChI=1S/C28H40N4O9/c1-19(2)18-29-21(4)8-7-16-40-26(35)11-5-9-24(33)30-28(37)31-25(34)10-6-12-27(36)41-17-15-22-20(3)13-14-23(22)32(38)39/h13-14,18,22H,5-12,15-17H2,1-4H3,(H2,30,31,33,34,37). The maximum atomic E-state index is 11.9. The molecule has 1 rings (SSSR count). The lowest BCUT2D eigenvalue weighted by Crippen LogP contribution is -2.42. The summed E-state index contributed by atoms with van der Waals surface area (Å²) in [5.74, 6) is -2.75. The normalized spacial score (nSPS) is 14.3. The molecule has 1 aliphatic rings. The Morgan fingerprint density at radius 2 is 1.44 bits per heavy atom. The van der Waals surface area contributed by atoms with Crippen molar-refractivity contribution in [1.29, 1.82) is 0 Å². The third-order valence-electron chi connectivity index (χ3n) is 5.87. The van der Waals surface area contributed by atoms with Crippen molar-refractivity contribution in [1.82, 2.24) is 10.6 Å². The van der Waals surface area contributed by atoms with Gasteiger partial charge in [-0.05, 0) is 59.8 Å². The minimum atomic E-state index is -0.995. The van der Waals surface area contributed by atoms with E-state index in [0.29, 0.717) is 12.8 Å². The minimum absolute atomic E-state index is 0.000194. The second-order valence-corrected chi connectivity index (χ2v) is 9.85. The third-order valence-corrected chi connectivity index (χ3v) is 5.87. The van der Waals surface area contributed by atoms with Crippen LogP contribution in [-0.2, 0) is 28.7 Å². The molecule has 226 valence electrons. The number of nitro groups is 1. The monoisotopic (exact) mass is 576 g/mol. The molecule has 0 heterocycles. The average Bonchev–Trinajstić information content (AvgIpc) is 3.25. The van der Waals surface area contributed by atoms with Crippen LogP contribution in [0.15, 0.2) is 40.2 Å². The summed E-state index contributed by atoms with van der Waals surface area (Å²) in [6, 6.07) is -0.995. The van der Waals surface area contributed by atoms with Crippen LogP contribution in [0.4, 0.5) is 4.79 Å². The Labute approximate surface area is 239 Å². The Bertz CT molecular complexity index is 1100. The van der Waals surface area contributed by atoms with Gasteiger partial charge in [0.25, 0.3) is 5.70 Å². The smallest absolute Gasteiger partial charge is 0.328 e. The molecule has 2 N–H and O–H groups in total. The first-order valence-corrected chi connectivity index (χ1v) is 13.5. The van der Waals surface area contributed by atoms with Gasteiger partial charge in [0.15, 0.2) is 0 Å². The van der Waals surface area contributed by atoms with E-state index in [2.05, 4.69) is 4.99 Å². The number of carbonyl (C=O) groups excluding carboxylic acids is 5. The molecule has 0 aromatic heterocycles. The van der Waals surface area contributed by atoms with Gasteiger partial charge in [0.1, 0.15) is 0 Å². The topological polar surface area (TPSA) is 183 Å². The zero-order valence-corrected chi connectivity index (χ0v) is 24.2. The number of esters is 2. The molecule has 0 aromatic carbocycles. The molecule has 41 heavy (non-hydrogen) atoms. The second kappa shape index (κ2) is 19.0. The zero-order valence-electron chi connectivity index (χ0n) is 24.2. The molecule has 0 radical (unpaired) electrons. The van der Waals surface area contributed by atoms with E-state index in [-0.39, 0.29) is 63.9 Å². The largest absolute Gasteiger partial charge is 0.466 e. The van der Waals surface area contributed by atoms with Gasteiger partial charge in [-0.3, -0.25) is 44.9 Å². The second-order valence-electron chi connectivity index (χ2n) is 9.85. The van der Waals surface area contributed by atoms with Gasteiger partial charge in [-0.15, -0.1) is 0 Å². The SMILES string of the molecule is CC(C)=CN=C(C)CCCOC(=O)CCCC(=O)NC(=O)NC(=O)CCCC(=O)OCCC1C(C)=CC=C1[N+](=O)[O-]. The third kappa shape index (κ3) is 15.9. The molecule has 13 nitrogen and oxygen atoms in total. The van der Waals surface area contributed by atoms with Gasteiger partial charge < -0.3 is 9.47 Å². The molecule has 0 bridgehead atoms. The molecule has 13 heteroatoms. The van der Waals surface area contributed by atoms with E-state index in [1.807, 2.05) is 31.4 Å². The molecule has 4 amide bonds. The molecule has 0 saturated carbocycles. The predicted octanol–water partition coefficient (Wildman–Crippen LogP) is 4.06. The summed E-state index contributed by atoms with van der Waals surface area (Å²) in [7, 11) is 0. The van der Waals surface area contributed by atoms with Gasteiger partial charge in [0, 0.05) is 43.7 Å². The Morgan fingerprint density at radius 1 is 0.878 bits per heavy atom. The highest BCUT2D eigenvalue weighted by atomic mass is 16.6. The summed E-state index contributed by atoms with van der Waals surface area (Å²) < 4.78 is 10.2. The lowest BCUT2D eigenvalue weighted by atomic mass is 9.98. The highest BCUT2D eigenvalue weighted by Gasteiger charge is 2.29. The van der Waals surface area contributed by atoms with Gasteiger partial charge in [0.2, 0.25) is 11.8 Å². The summed E-state index contributed by atoms with van der Waals surface area (Å²) >= 11 is 0. The van der Waals surface area contributed by atoms with Crippen molar-refractivity contribution in [3.8, 4) is 0 Å². The number of amides is 4. The first-order valence-electron chi connectivity index (χ1n) is 13.5. The van der Waals surface area contributed by atoms with Crippen molar-refractivity contribution in [3.05, 3.63) is 45.3 Å². The number of allylic oxidation sites excluding steroid dienone is 4. The fourth-order valence-corrected chi connectivity index (χ4v) is 3.69. The predicted molar refractivity (Wildman–Crippen MR) is 150 cm³/mol. The Kier molecular flexibility index (Phi) is 16.2. The number of nitrogens with zero attached hydrogens (tertiary/aromatic N) is 2. The van der Waals surface area contributed by atoms with Gasteiger partial charge in [-0.2, -0.15) is 0 Å². The van der Waals surface area contributed by atoms with Crippen LogP contribution in [0.25, 0.3) is 0 Å². The fraction of sp³-hybridized carbons (Fsp3) is 0.571. The van der Waals surface area contributed by atoms with Crippen molar-refractivity contribution in [2.45, 2.75) is 85.5 Å². The lowest BCUT2D eigenvalue weighted by molar-refractivity contribution is -0.432. The molecule has 0 aliphatic heterocycles. The van der Waals surface area contributed by atoms with E-state index in [1.165, 1.54) is 6.08 Å². The van der Waals surface area contributed by atoms with Gasteiger partial charge in [0.05, 0.1) is 24.1 Å². The number of rotatable bonds is 17. The van der Waals surface area contributed by atoms with Crippen LogP contribution in [-0.4, -0.2) is 53.6 Å². The van der Waals surface area contributed by atoms with Gasteiger partial charge >= 0.3 is 18.0 Å². The quantitative estimate of drug-likeness (QED) is 0.0847. The number of carbonyl (C=O) groups is 5. The van der Waals surface area contributed by atoms with E-state index in [0.717, 1.165) is 16.9 Å². The van der Waals surface area contributed by atoms with Crippen molar-refractivity contribution >= 4 is 35.5 Å². The summed E-state index contributed by atoms with van der Waals surface area (Å²) in [5, 5.41) is 15.0. The van der Waals surface area contributed by atoms with Crippen molar-refractivity contribution in [3.63, 3.8) is 0 Å². The number of nitrogens with one attached hydrogen (secondary N) is 2. The maximum absolute atomic E-state index is 11.9. The summed E-state index contributed by atoms with van der Waals surface area (Å²) in [5.41, 5.74) is 2.91. The first-order chi connectivity index (χ1) is 19.4. The molecule has 1 aliphatic carbocycles. The molecule has 0 saturated heterocycles. The number of ether oxygens (including phenoxy) is 2. The van der Waals surface area contributed by atoms with Crippen LogP contribution >= 0.6 is 0 Å².